The van der Waals surface area contributed by atoms with Crippen LogP contribution in [0.5, 0.6) is 0 Å². The molecule has 0 aliphatic carbocycles. The van der Waals surface area contributed by atoms with Gasteiger partial charge in [-0.05, 0) is 12.0 Å². The van der Waals surface area contributed by atoms with Gasteiger partial charge in [-0.1, -0.05) is 30.3 Å². The first-order valence-corrected chi connectivity index (χ1v) is 8.68. The first kappa shape index (κ1) is 19.8. The Morgan fingerprint density at radius 2 is 1.75 bits per heavy atom. The number of benzene rings is 1. The normalized spacial score (nSPS) is 14.4. The lowest BCUT2D eigenvalue weighted by molar-refractivity contribution is -0.141. The fourth-order valence-electron chi connectivity index (χ4n) is 1.86. The van der Waals surface area contributed by atoms with Crippen molar-refractivity contribution in [2.75, 3.05) is 5.75 Å². The molecule has 0 aliphatic heterocycles. The van der Waals surface area contributed by atoms with Crippen molar-refractivity contribution < 1.29 is 28.8 Å². The maximum Gasteiger partial charge on any atom is 0.327 e. The van der Waals surface area contributed by atoms with Crippen molar-refractivity contribution in [1.29, 1.82) is 0 Å². The average molecular weight is 356 g/mol. The summed E-state index contributed by atoms with van der Waals surface area (Å²) in [6.07, 6.45) is -0.330. The van der Waals surface area contributed by atoms with Crippen LogP contribution < -0.4 is 11.1 Å². The number of carboxylic acids is 2. The highest BCUT2D eigenvalue weighted by Crippen LogP contribution is 2.05. The summed E-state index contributed by atoms with van der Waals surface area (Å²) < 4.78 is 12.1. The molecule has 0 saturated carbocycles. The summed E-state index contributed by atoms with van der Waals surface area (Å²) in [4.78, 5) is 33.5. The molecule has 0 unspecified atom stereocenters. The Bertz CT molecular complexity index is 607. The molecule has 0 saturated heterocycles. The Labute approximate surface area is 141 Å². The van der Waals surface area contributed by atoms with E-state index in [4.69, 9.17) is 15.9 Å². The van der Waals surface area contributed by atoms with Gasteiger partial charge in [-0.2, -0.15) is 0 Å². The number of rotatable bonds is 10. The van der Waals surface area contributed by atoms with Crippen molar-refractivity contribution in [3.63, 3.8) is 0 Å². The maximum absolute atomic E-state index is 12.1. The second-order valence-corrected chi connectivity index (χ2v) is 6.68. The monoisotopic (exact) mass is 356 g/mol. The van der Waals surface area contributed by atoms with Crippen LogP contribution in [0.2, 0.25) is 0 Å². The Balaban J connectivity index is 2.51. The molecule has 1 amide bonds. The second-order valence-electron chi connectivity index (χ2n) is 5.18. The fourth-order valence-corrected chi connectivity index (χ4v) is 3.14. The number of nitrogens with one attached hydrogen (secondary N) is 1. The molecule has 132 valence electrons. The van der Waals surface area contributed by atoms with Gasteiger partial charge in [-0.15, -0.1) is 0 Å². The van der Waals surface area contributed by atoms with Crippen LogP contribution in [-0.4, -0.2) is 50.1 Å². The van der Waals surface area contributed by atoms with Gasteiger partial charge >= 0.3 is 11.9 Å². The third kappa shape index (κ3) is 7.34. The quantitative estimate of drug-likeness (QED) is 0.450. The van der Waals surface area contributed by atoms with Crippen molar-refractivity contribution in [3.8, 4) is 0 Å². The van der Waals surface area contributed by atoms with E-state index in [1.165, 1.54) is 0 Å². The Morgan fingerprint density at radius 1 is 1.12 bits per heavy atom. The average Bonchev–Trinajstić information content (AvgIpc) is 2.52. The number of carbonyl (C=O) groups is 3. The highest BCUT2D eigenvalue weighted by atomic mass is 32.2. The lowest BCUT2D eigenvalue weighted by atomic mass is 10.1. The molecule has 0 bridgehead atoms. The van der Waals surface area contributed by atoms with E-state index in [1.807, 2.05) is 6.07 Å². The Morgan fingerprint density at radius 3 is 2.29 bits per heavy atom. The predicted octanol–water partition coefficient (Wildman–Crippen LogP) is -0.303. The molecule has 0 fully saturated rings. The van der Waals surface area contributed by atoms with E-state index in [0.29, 0.717) is 0 Å². The van der Waals surface area contributed by atoms with Gasteiger partial charge in [0.15, 0.2) is 0 Å². The molecule has 0 aliphatic rings. The zero-order chi connectivity index (χ0) is 18.1. The smallest absolute Gasteiger partial charge is 0.327 e. The molecule has 5 N–H and O–H groups in total. The van der Waals surface area contributed by atoms with Gasteiger partial charge in [0.25, 0.3) is 0 Å². The largest absolute Gasteiger partial charge is 0.480 e. The number of carboxylic acid groups (broad SMARTS) is 2. The van der Waals surface area contributed by atoms with Gasteiger partial charge < -0.3 is 21.3 Å². The summed E-state index contributed by atoms with van der Waals surface area (Å²) in [5.74, 6) is -3.23. The fraction of sp³-hybridized carbons (Fsp3) is 0.400. The van der Waals surface area contributed by atoms with Gasteiger partial charge in [0.05, 0.1) is 5.75 Å². The number of hydrogen-bond donors (Lipinski definition) is 4. The summed E-state index contributed by atoms with van der Waals surface area (Å²) in [6, 6.07) is 6.45. The van der Waals surface area contributed by atoms with Crippen LogP contribution in [-0.2, 0) is 30.9 Å². The van der Waals surface area contributed by atoms with Gasteiger partial charge in [-0.3, -0.25) is 13.8 Å². The zero-order valence-corrected chi connectivity index (χ0v) is 13.7. The molecule has 1 rings (SSSR count). The topological polar surface area (TPSA) is 147 Å². The van der Waals surface area contributed by atoms with E-state index in [-0.39, 0.29) is 24.3 Å². The van der Waals surface area contributed by atoms with Gasteiger partial charge in [0.2, 0.25) is 5.91 Å². The number of hydrogen-bond acceptors (Lipinski definition) is 5. The summed E-state index contributed by atoms with van der Waals surface area (Å²) in [6.45, 7) is 0. The second kappa shape index (κ2) is 9.78. The van der Waals surface area contributed by atoms with Crippen LogP contribution in [0.3, 0.4) is 0 Å². The van der Waals surface area contributed by atoms with Crippen LogP contribution in [0.1, 0.15) is 18.4 Å². The van der Waals surface area contributed by atoms with Gasteiger partial charge in [0.1, 0.15) is 12.1 Å². The highest BCUT2D eigenvalue weighted by Gasteiger charge is 2.23. The van der Waals surface area contributed by atoms with Crippen LogP contribution in [0.4, 0.5) is 0 Å². The van der Waals surface area contributed by atoms with Crippen molar-refractivity contribution in [1.82, 2.24) is 5.32 Å². The minimum atomic E-state index is -1.47. The first-order chi connectivity index (χ1) is 11.3. The Kier molecular flexibility index (Phi) is 8.07. The molecule has 24 heavy (non-hydrogen) atoms. The maximum atomic E-state index is 12.1. The SMILES string of the molecule is N[C@@H](CCC(=O)N[C@@H](C[S@](=O)Cc1ccccc1)C(=O)O)C(=O)O. The molecule has 3 atom stereocenters. The molecule has 1 aromatic rings. The molecular formula is C15H20N2O6S. The number of aliphatic carboxylic acids is 2. The van der Waals surface area contributed by atoms with E-state index in [2.05, 4.69) is 5.32 Å². The number of carbonyl (C=O) groups excluding carboxylic acids is 1. The predicted molar refractivity (Wildman–Crippen MR) is 87.6 cm³/mol. The molecule has 1 aromatic carbocycles. The highest BCUT2D eigenvalue weighted by molar-refractivity contribution is 7.84. The van der Waals surface area contributed by atoms with Gasteiger partial charge in [0, 0.05) is 23.0 Å². The van der Waals surface area contributed by atoms with Crippen LogP contribution in [0, 0.1) is 0 Å². The van der Waals surface area contributed by atoms with Gasteiger partial charge in [-0.25, -0.2) is 4.79 Å². The summed E-state index contributed by atoms with van der Waals surface area (Å²) in [5, 5.41) is 20.0. The van der Waals surface area contributed by atoms with E-state index in [1.54, 1.807) is 24.3 Å². The van der Waals surface area contributed by atoms with Crippen LogP contribution >= 0.6 is 0 Å². The summed E-state index contributed by atoms with van der Waals surface area (Å²) >= 11 is 0. The van der Waals surface area contributed by atoms with E-state index in [0.717, 1.165) is 5.56 Å². The molecule has 0 radical (unpaired) electrons. The van der Waals surface area contributed by atoms with E-state index >= 15 is 0 Å². The Hall–Kier alpha value is -2.26. The van der Waals surface area contributed by atoms with Crippen molar-refractivity contribution in [2.45, 2.75) is 30.7 Å². The molecule has 0 heterocycles. The zero-order valence-electron chi connectivity index (χ0n) is 12.9. The van der Waals surface area contributed by atoms with Crippen LogP contribution in [0.25, 0.3) is 0 Å². The van der Waals surface area contributed by atoms with Crippen molar-refractivity contribution in [2.24, 2.45) is 5.73 Å². The third-order valence-electron chi connectivity index (χ3n) is 3.16. The molecule has 0 spiro atoms. The number of nitrogens with two attached hydrogens (primary N) is 1. The van der Waals surface area contributed by atoms with Crippen molar-refractivity contribution >= 4 is 28.6 Å². The minimum Gasteiger partial charge on any atom is -0.480 e. The minimum absolute atomic E-state index is 0.111. The summed E-state index contributed by atoms with van der Waals surface area (Å²) in [5.41, 5.74) is 6.08. The molecule has 8 nitrogen and oxygen atoms in total. The standard InChI is InChI=1S/C15H20N2O6S/c16-11(14(19)20)6-7-13(18)17-12(15(21)22)9-24(23)8-10-4-2-1-3-5-10/h1-5,11-12H,6-9,16H2,(H,17,18)(H,19,20)(H,21,22)/t11-,12-,24+/m0/s1. The lowest BCUT2D eigenvalue weighted by Gasteiger charge is -2.15. The summed E-state index contributed by atoms with van der Waals surface area (Å²) in [7, 11) is -1.47. The number of amides is 1. The first-order valence-electron chi connectivity index (χ1n) is 7.19. The van der Waals surface area contributed by atoms with Crippen molar-refractivity contribution in [3.05, 3.63) is 35.9 Å². The molecular weight excluding hydrogens is 336 g/mol. The third-order valence-corrected chi connectivity index (χ3v) is 4.52. The molecule has 9 heteroatoms. The van der Waals surface area contributed by atoms with E-state index in [9.17, 15) is 18.6 Å². The van der Waals surface area contributed by atoms with E-state index < -0.39 is 40.7 Å². The lowest BCUT2D eigenvalue weighted by Crippen LogP contribution is -2.45. The van der Waals surface area contributed by atoms with Crippen LogP contribution in [0.15, 0.2) is 30.3 Å². The molecule has 0 aromatic heterocycles.